The molecule has 0 bridgehead atoms. The molecule has 0 aliphatic heterocycles. The van der Waals surface area contributed by atoms with Crippen molar-refractivity contribution in [2.45, 2.75) is 0 Å². The molecule has 2 heteroatoms. The number of hydrogen-bond donors (Lipinski definition) is 0. The van der Waals surface area contributed by atoms with Crippen LogP contribution in [-0.4, -0.2) is 0 Å². The summed E-state index contributed by atoms with van der Waals surface area (Å²) in [5.41, 5.74) is 4.70. The van der Waals surface area contributed by atoms with Gasteiger partial charge < -0.3 is 0 Å². The van der Waals surface area contributed by atoms with Gasteiger partial charge in [0.15, 0.2) is 0 Å². The lowest BCUT2D eigenvalue weighted by Gasteiger charge is -2.11. The van der Waals surface area contributed by atoms with Crippen molar-refractivity contribution in [1.29, 1.82) is 0 Å². The average molecular weight is 421 g/mol. The van der Waals surface area contributed by atoms with Crippen molar-refractivity contribution in [2.75, 3.05) is 0 Å². The third-order valence-corrected chi connectivity index (χ3v) is 7.29. The van der Waals surface area contributed by atoms with Gasteiger partial charge in [-0.3, -0.25) is 0 Å². The van der Waals surface area contributed by atoms with Crippen LogP contribution in [0.4, 0.5) is 0 Å². The predicted molar refractivity (Wildman–Crippen MR) is 133 cm³/mol. The van der Waals surface area contributed by atoms with Crippen LogP contribution in [0.25, 0.3) is 53.2 Å². The summed E-state index contributed by atoms with van der Waals surface area (Å²) < 4.78 is 2.51. The Kier molecular flexibility index (Phi) is 4.12. The minimum absolute atomic E-state index is 0.835. The molecule has 0 fully saturated rings. The molecule has 0 saturated heterocycles. The SMILES string of the molecule is Clc1c(-c2ccc3cccc(-c4ccccc4)c3c2)ccc2sc3ccccc3c12. The fourth-order valence-corrected chi connectivity index (χ4v) is 5.85. The summed E-state index contributed by atoms with van der Waals surface area (Å²) in [6.07, 6.45) is 0. The number of hydrogen-bond acceptors (Lipinski definition) is 1. The standard InChI is InChI=1S/C28H17ClS/c29-28-22(15-16-26-27(28)23-10-4-5-12-25(23)30-26)20-14-13-19-9-6-11-21(24(19)17-20)18-7-2-1-3-8-18/h1-17H. The van der Waals surface area contributed by atoms with Crippen LogP contribution in [0.2, 0.25) is 5.02 Å². The molecule has 0 N–H and O–H groups in total. The Morgan fingerprint density at radius 2 is 1.37 bits per heavy atom. The van der Waals surface area contributed by atoms with Gasteiger partial charge in [-0.05, 0) is 45.7 Å². The van der Waals surface area contributed by atoms with Crippen LogP contribution in [0.3, 0.4) is 0 Å². The summed E-state index contributed by atoms with van der Waals surface area (Å²) >= 11 is 8.81. The summed E-state index contributed by atoms with van der Waals surface area (Å²) in [6, 6.07) is 36.6. The van der Waals surface area contributed by atoms with Gasteiger partial charge in [0, 0.05) is 25.7 Å². The van der Waals surface area contributed by atoms with Crippen LogP contribution >= 0.6 is 22.9 Å². The normalized spacial score (nSPS) is 11.5. The molecule has 0 atom stereocenters. The Bertz CT molecular complexity index is 1540. The molecule has 1 heterocycles. The smallest absolute Gasteiger partial charge is 0.0577 e. The zero-order valence-corrected chi connectivity index (χ0v) is 17.7. The molecule has 0 spiro atoms. The van der Waals surface area contributed by atoms with Gasteiger partial charge in [0.2, 0.25) is 0 Å². The van der Waals surface area contributed by atoms with E-state index in [1.54, 1.807) is 11.3 Å². The molecular formula is C28H17ClS. The lowest BCUT2D eigenvalue weighted by atomic mass is 9.94. The molecule has 0 saturated carbocycles. The summed E-state index contributed by atoms with van der Waals surface area (Å²) in [4.78, 5) is 0. The van der Waals surface area contributed by atoms with Gasteiger partial charge in [-0.1, -0.05) is 96.5 Å². The topological polar surface area (TPSA) is 0 Å². The summed E-state index contributed by atoms with van der Waals surface area (Å²) in [7, 11) is 0. The van der Waals surface area contributed by atoms with Gasteiger partial charge in [-0.25, -0.2) is 0 Å². The molecule has 5 aromatic carbocycles. The highest BCUT2D eigenvalue weighted by Crippen LogP contribution is 2.43. The van der Waals surface area contributed by atoms with E-state index in [4.69, 9.17) is 11.6 Å². The number of fused-ring (bicyclic) bond motifs is 4. The van der Waals surface area contributed by atoms with Crippen molar-refractivity contribution in [3.05, 3.63) is 108 Å². The van der Waals surface area contributed by atoms with E-state index < -0.39 is 0 Å². The van der Waals surface area contributed by atoms with E-state index in [2.05, 4.69) is 103 Å². The van der Waals surface area contributed by atoms with Crippen LogP contribution in [0.5, 0.6) is 0 Å². The lowest BCUT2D eigenvalue weighted by Crippen LogP contribution is -1.85. The molecule has 0 aliphatic rings. The van der Waals surface area contributed by atoms with E-state index in [0.717, 1.165) is 21.5 Å². The van der Waals surface area contributed by atoms with Crippen LogP contribution in [0.1, 0.15) is 0 Å². The van der Waals surface area contributed by atoms with Crippen molar-refractivity contribution >= 4 is 53.9 Å². The highest BCUT2D eigenvalue weighted by atomic mass is 35.5. The largest absolute Gasteiger partial charge is 0.135 e. The van der Waals surface area contributed by atoms with Crippen molar-refractivity contribution < 1.29 is 0 Å². The molecule has 0 amide bonds. The van der Waals surface area contributed by atoms with E-state index in [1.165, 1.54) is 36.7 Å². The minimum atomic E-state index is 0.835. The molecule has 0 radical (unpaired) electrons. The Labute approximate surface area is 184 Å². The second-order valence-corrected chi connectivity index (χ2v) is 8.97. The molecule has 0 unspecified atom stereocenters. The number of halogens is 1. The van der Waals surface area contributed by atoms with Crippen LogP contribution < -0.4 is 0 Å². The second kappa shape index (κ2) is 6.98. The third kappa shape index (κ3) is 2.74. The van der Waals surface area contributed by atoms with Gasteiger partial charge in [-0.15, -0.1) is 11.3 Å². The first-order valence-corrected chi connectivity index (χ1v) is 11.2. The molecule has 1 aromatic heterocycles. The molecule has 142 valence electrons. The Morgan fingerprint density at radius 3 is 2.27 bits per heavy atom. The predicted octanol–water partition coefficient (Wildman–Crippen LogP) is 9.20. The first-order chi connectivity index (χ1) is 14.8. The first kappa shape index (κ1) is 17.7. The summed E-state index contributed by atoms with van der Waals surface area (Å²) in [5.74, 6) is 0. The molecule has 30 heavy (non-hydrogen) atoms. The van der Waals surface area contributed by atoms with Crippen LogP contribution in [0.15, 0.2) is 103 Å². The fourth-order valence-electron chi connectivity index (χ4n) is 4.31. The Balaban J connectivity index is 1.61. The maximum atomic E-state index is 7.01. The molecule has 0 nitrogen and oxygen atoms in total. The maximum Gasteiger partial charge on any atom is 0.0577 e. The minimum Gasteiger partial charge on any atom is -0.135 e. The van der Waals surface area contributed by atoms with Crippen molar-refractivity contribution in [3.8, 4) is 22.3 Å². The first-order valence-electron chi connectivity index (χ1n) is 9.98. The van der Waals surface area contributed by atoms with E-state index >= 15 is 0 Å². The zero-order chi connectivity index (χ0) is 20.1. The third-order valence-electron chi connectivity index (χ3n) is 5.76. The van der Waals surface area contributed by atoms with Crippen LogP contribution in [-0.2, 0) is 0 Å². The van der Waals surface area contributed by atoms with Crippen molar-refractivity contribution in [1.82, 2.24) is 0 Å². The van der Waals surface area contributed by atoms with Crippen molar-refractivity contribution in [3.63, 3.8) is 0 Å². The molecule has 6 rings (SSSR count). The Morgan fingerprint density at radius 1 is 0.533 bits per heavy atom. The number of thiophene rings is 1. The van der Waals surface area contributed by atoms with Gasteiger partial charge in [0.05, 0.1) is 5.02 Å². The lowest BCUT2D eigenvalue weighted by molar-refractivity contribution is 1.64. The maximum absolute atomic E-state index is 7.01. The highest BCUT2D eigenvalue weighted by Gasteiger charge is 2.14. The van der Waals surface area contributed by atoms with Crippen molar-refractivity contribution in [2.24, 2.45) is 0 Å². The quantitative estimate of drug-likeness (QED) is 0.262. The zero-order valence-electron chi connectivity index (χ0n) is 16.1. The monoisotopic (exact) mass is 420 g/mol. The van der Waals surface area contributed by atoms with Gasteiger partial charge in [-0.2, -0.15) is 0 Å². The van der Waals surface area contributed by atoms with E-state index in [1.807, 2.05) is 0 Å². The average Bonchev–Trinajstić information content (AvgIpc) is 3.19. The van der Waals surface area contributed by atoms with Gasteiger partial charge in [0.1, 0.15) is 0 Å². The van der Waals surface area contributed by atoms with Crippen LogP contribution in [0, 0.1) is 0 Å². The molecule has 0 aliphatic carbocycles. The fraction of sp³-hybridized carbons (Fsp3) is 0. The number of benzene rings is 5. The van der Waals surface area contributed by atoms with E-state index in [9.17, 15) is 0 Å². The Hall–Kier alpha value is -3.13. The van der Waals surface area contributed by atoms with E-state index in [0.29, 0.717) is 0 Å². The van der Waals surface area contributed by atoms with Gasteiger partial charge >= 0.3 is 0 Å². The number of rotatable bonds is 2. The highest BCUT2D eigenvalue weighted by molar-refractivity contribution is 7.26. The second-order valence-electron chi connectivity index (χ2n) is 7.51. The van der Waals surface area contributed by atoms with Gasteiger partial charge in [0.25, 0.3) is 0 Å². The molecule has 6 aromatic rings. The summed E-state index contributed by atoms with van der Waals surface area (Å²) in [5, 5.41) is 5.70. The molecular weight excluding hydrogens is 404 g/mol. The summed E-state index contributed by atoms with van der Waals surface area (Å²) in [6.45, 7) is 0. The van der Waals surface area contributed by atoms with E-state index in [-0.39, 0.29) is 0 Å².